The Morgan fingerprint density at radius 2 is 2.25 bits per heavy atom. The summed E-state index contributed by atoms with van der Waals surface area (Å²) in [7, 11) is -4.61. The molecule has 0 saturated heterocycles. The highest BCUT2D eigenvalue weighted by Gasteiger charge is 2.18. The van der Waals surface area contributed by atoms with Crippen LogP contribution < -0.4 is 0 Å². The van der Waals surface area contributed by atoms with Crippen LogP contribution in [0.15, 0.2) is 11.1 Å². The molecule has 0 radical (unpaired) electrons. The Kier molecular flexibility index (Phi) is 2.18. The second-order valence-corrected chi connectivity index (χ2v) is 3.66. The third kappa shape index (κ3) is 1.47. The normalized spacial score (nSPS) is 11.9. The van der Waals surface area contributed by atoms with E-state index in [-0.39, 0.29) is 4.90 Å². The van der Waals surface area contributed by atoms with Gasteiger partial charge in [0.2, 0.25) is 0 Å². The average Bonchev–Trinajstić information content (AvgIpc) is 2.29. The highest BCUT2D eigenvalue weighted by Crippen LogP contribution is 2.15. The van der Waals surface area contributed by atoms with E-state index in [0.717, 1.165) is 6.20 Å². The standard InChI is InChI=1S/C6H9FN2O2S/c1-3-9-5(2)6(4-8-9)12(7,10)11/h4H,3H2,1-2H3. The molecule has 12 heavy (non-hydrogen) atoms. The van der Waals surface area contributed by atoms with Gasteiger partial charge in [0.1, 0.15) is 4.90 Å². The van der Waals surface area contributed by atoms with Crippen molar-refractivity contribution in [1.29, 1.82) is 0 Å². The Morgan fingerprint density at radius 3 is 2.50 bits per heavy atom. The van der Waals surface area contributed by atoms with Crippen LogP contribution in [0.4, 0.5) is 3.89 Å². The molecule has 1 aromatic rings. The molecule has 0 aliphatic carbocycles. The summed E-state index contributed by atoms with van der Waals surface area (Å²) < 4.78 is 34.8. The summed E-state index contributed by atoms with van der Waals surface area (Å²) in [6.07, 6.45) is 1.02. The second-order valence-electron chi connectivity index (χ2n) is 2.35. The predicted octanol–water partition coefficient (Wildman–Crippen LogP) is 0.870. The van der Waals surface area contributed by atoms with Crippen LogP contribution >= 0.6 is 0 Å². The van der Waals surface area contributed by atoms with Gasteiger partial charge in [0.15, 0.2) is 0 Å². The highest BCUT2D eigenvalue weighted by molar-refractivity contribution is 7.86. The molecule has 0 aliphatic rings. The fraction of sp³-hybridized carbons (Fsp3) is 0.500. The summed E-state index contributed by atoms with van der Waals surface area (Å²) in [6.45, 7) is 3.85. The van der Waals surface area contributed by atoms with E-state index < -0.39 is 10.2 Å². The molecule has 1 rings (SSSR count). The Balaban J connectivity index is 3.30. The van der Waals surface area contributed by atoms with Gasteiger partial charge in [0.05, 0.1) is 11.9 Å². The van der Waals surface area contributed by atoms with Crippen molar-refractivity contribution in [3.63, 3.8) is 0 Å². The van der Waals surface area contributed by atoms with Gasteiger partial charge in [-0.1, -0.05) is 0 Å². The van der Waals surface area contributed by atoms with Crippen LogP contribution in [-0.2, 0) is 16.8 Å². The molecule has 0 fully saturated rings. The summed E-state index contributed by atoms with van der Waals surface area (Å²) >= 11 is 0. The fourth-order valence-electron chi connectivity index (χ4n) is 0.988. The van der Waals surface area contributed by atoms with Crippen molar-refractivity contribution in [1.82, 2.24) is 9.78 Å². The van der Waals surface area contributed by atoms with E-state index in [2.05, 4.69) is 5.10 Å². The molecule has 0 N–H and O–H groups in total. The van der Waals surface area contributed by atoms with Gasteiger partial charge in [0, 0.05) is 6.54 Å². The molecule has 68 valence electrons. The van der Waals surface area contributed by atoms with Crippen LogP contribution in [0.2, 0.25) is 0 Å². The van der Waals surface area contributed by atoms with Crippen molar-refractivity contribution < 1.29 is 12.3 Å². The quantitative estimate of drug-likeness (QED) is 0.653. The lowest BCUT2D eigenvalue weighted by Crippen LogP contribution is -2.00. The SMILES string of the molecule is CCn1ncc(S(=O)(=O)F)c1C. The number of nitrogens with zero attached hydrogens (tertiary/aromatic N) is 2. The van der Waals surface area contributed by atoms with Gasteiger partial charge < -0.3 is 0 Å². The first kappa shape index (κ1) is 9.18. The topological polar surface area (TPSA) is 52.0 Å². The zero-order valence-electron chi connectivity index (χ0n) is 6.78. The molecule has 0 atom stereocenters. The molecule has 0 spiro atoms. The number of aromatic nitrogens is 2. The van der Waals surface area contributed by atoms with E-state index in [1.807, 2.05) is 0 Å². The maximum atomic E-state index is 12.5. The molecule has 4 nitrogen and oxygen atoms in total. The van der Waals surface area contributed by atoms with Crippen LogP contribution in [0.3, 0.4) is 0 Å². The van der Waals surface area contributed by atoms with Crippen molar-refractivity contribution in [3.05, 3.63) is 11.9 Å². The Labute approximate surface area is 70.2 Å². The van der Waals surface area contributed by atoms with Gasteiger partial charge in [-0.15, -0.1) is 3.89 Å². The summed E-state index contributed by atoms with van der Waals surface area (Å²) in [6, 6.07) is 0. The Hall–Kier alpha value is -0.910. The molecule has 0 unspecified atom stereocenters. The van der Waals surface area contributed by atoms with E-state index in [0.29, 0.717) is 12.2 Å². The van der Waals surface area contributed by atoms with Crippen LogP contribution in [-0.4, -0.2) is 18.2 Å². The van der Waals surface area contributed by atoms with Gasteiger partial charge in [-0.05, 0) is 13.8 Å². The van der Waals surface area contributed by atoms with E-state index >= 15 is 0 Å². The van der Waals surface area contributed by atoms with Gasteiger partial charge in [0.25, 0.3) is 0 Å². The Morgan fingerprint density at radius 1 is 1.67 bits per heavy atom. The lowest BCUT2D eigenvalue weighted by atomic mass is 10.5. The number of hydrogen-bond donors (Lipinski definition) is 0. The highest BCUT2D eigenvalue weighted by atomic mass is 32.3. The molecular weight excluding hydrogens is 183 g/mol. The minimum atomic E-state index is -4.61. The molecule has 0 aliphatic heterocycles. The first-order valence-corrected chi connectivity index (χ1v) is 4.82. The lowest BCUT2D eigenvalue weighted by Gasteiger charge is -1.97. The maximum absolute atomic E-state index is 12.5. The maximum Gasteiger partial charge on any atom is 0.335 e. The molecule has 0 amide bonds. The van der Waals surface area contributed by atoms with Crippen molar-refractivity contribution in [3.8, 4) is 0 Å². The lowest BCUT2D eigenvalue weighted by molar-refractivity contribution is 0.550. The zero-order chi connectivity index (χ0) is 9.35. The number of aryl methyl sites for hydroxylation is 1. The van der Waals surface area contributed by atoms with Crippen molar-refractivity contribution >= 4 is 10.2 Å². The Bertz CT molecular complexity index is 382. The van der Waals surface area contributed by atoms with E-state index in [1.165, 1.54) is 11.6 Å². The molecule has 0 bridgehead atoms. The summed E-state index contributed by atoms with van der Waals surface area (Å²) in [5.41, 5.74) is 0.333. The van der Waals surface area contributed by atoms with E-state index in [9.17, 15) is 12.3 Å². The smallest absolute Gasteiger partial charge is 0.269 e. The third-order valence-corrected chi connectivity index (χ3v) is 2.55. The molecular formula is C6H9FN2O2S. The fourth-order valence-corrected chi connectivity index (χ4v) is 1.62. The molecule has 0 aromatic carbocycles. The summed E-state index contributed by atoms with van der Waals surface area (Å²) in [5.74, 6) is 0. The van der Waals surface area contributed by atoms with Gasteiger partial charge in [-0.3, -0.25) is 4.68 Å². The molecule has 1 aromatic heterocycles. The molecule has 0 saturated carbocycles. The zero-order valence-corrected chi connectivity index (χ0v) is 7.60. The number of rotatable bonds is 2. The second kappa shape index (κ2) is 2.85. The number of hydrogen-bond acceptors (Lipinski definition) is 3. The van der Waals surface area contributed by atoms with Crippen molar-refractivity contribution in [2.45, 2.75) is 25.3 Å². The number of halogens is 1. The van der Waals surface area contributed by atoms with Crippen LogP contribution in [0.1, 0.15) is 12.6 Å². The predicted molar refractivity (Wildman–Crippen MR) is 40.9 cm³/mol. The minimum Gasteiger partial charge on any atom is -0.269 e. The third-order valence-electron chi connectivity index (χ3n) is 1.62. The average molecular weight is 192 g/mol. The minimum absolute atomic E-state index is 0.333. The van der Waals surface area contributed by atoms with Crippen LogP contribution in [0.5, 0.6) is 0 Å². The van der Waals surface area contributed by atoms with Gasteiger partial charge in [-0.2, -0.15) is 13.5 Å². The summed E-state index contributed by atoms with van der Waals surface area (Å²) in [5, 5.41) is 3.70. The van der Waals surface area contributed by atoms with Crippen molar-refractivity contribution in [2.24, 2.45) is 0 Å². The summed E-state index contributed by atoms with van der Waals surface area (Å²) in [4.78, 5) is -0.343. The first-order valence-electron chi connectivity index (χ1n) is 3.44. The largest absolute Gasteiger partial charge is 0.335 e. The van der Waals surface area contributed by atoms with Crippen LogP contribution in [0, 0.1) is 6.92 Å². The molecule has 1 heterocycles. The van der Waals surface area contributed by atoms with E-state index in [4.69, 9.17) is 0 Å². The monoisotopic (exact) mass is 192 g/mol. The first-order chi connectivity index (χ1) is 5.46. The van der Waals surface area contributed by atoms with Gasteiger partial charge >= 0.3 is 10.2 Å². The van der Waals surface area contributed by atoms with Gasteiger partial charge in [-0.25, -0.2) is 0 Å². The van der Waals surface area contributed by atoms with Crippen molar-refractivity contribution in [2.75, 3.05) is 0 Å². The molecule has 6 heteroatoms. The van der Waals surface area contributed by atoms with Crippen LogP contribution in [0.25, 0.3) is 0 Å². The van der Waals surface area contributed by atoms with E-state index in [1.54, 1.807) is 6.92 Å².